The van der Waals surface area contributed by atoms with Crippen LogP contribution in [0.5, 0.6) is 0 Å². The van der Waals surface area contributed by atoms with Gasteiger partial charge in [-0.25, -0.2) is 4.79 Å². The van der Waals surface area contributed by atoms with Gasteiger partial charge < -0.3 is 10.0 Å². The van der Waals surface area contributed by atoms with E-state index in [-0.39, 0.29) is 5.57 Å². The number of benzene rings is 5. The first kappa shape index (κ1) is 22.9. The van der Waals surface area contributed by atoms with Crippen molar-refractivity contribution in [3.63, 3.8) is 0 Å². The number of rotatable bonds is 7. The molecule has 0 aromatic heterocycles. The van der Waals surface area contributed by atoms with Crippen molar-refractivity contribution in [2.24, 2.45) is 0 Å². The van der Waals surface area contributed by atoms with E-state index in [0.717, 1.165) is 28.2 Å². The number of aliphatic carboxylic acids is 1. The molecule has 36 heavy (non-hydrogen) atoms. The minimum absolute atomic E-state index is 0.0929. The fraction of sp³-hybridized carbons (Fsp3) is 0. The lowest BCUT2D eigenvalue weighted by Crippen LogP contribution is -2.10. The van der Waals surface area contributed by atoms with E-state index < -0.39 is 5.97 Å². The van der Waals surface area contributed by atoms with Gasteiger partial charge in [0.2, 0.25) is 0 Å². The van der Waals surface area contributed by atoms with Crippen molar-refractivity contribution in [3.05, 3.63) is 145 Å². The third-order valence-corrected chi connectivity index (χ3v) is 6.16. The Morgan fingerprint density at radius 3 is 1.86 bits per heavy atom. The normalized spacial score (nSPS) is 11.0. The first-order chi connectivity index (χ1) is 17.6. The fourth-order valence-electron chi connectivity index (χ4n) is 4.25. The van der Waals surface area contributed by atoms with E-state index in [2.05, 4.69) is 109 Å². The zero-order valence-corrected chi connectivity index (χ0v) is 19.7. The Hall–Kier alpha value is -4.89. The van der Waals surface area contributed by atoms with Crippen LogP contribution in [0, 0.1) is 0 Å². The molecule has 0 aliphatic rings. The molecule has 5 rings (SSSR count). The number of carbonyl (C=O) groups is 1. The van der Waals surface area contributed by atoms with Gasteiger partial charge in [-0.05, 0) is 52.4 Å². The summed E-state index contributed by atoms with van der Waals surface area (Å²) in [4.78, 5) is 13.4. The van der Waals surface area contributed by atoms with Crippen molar-refractivity contribution in [2.75, 3.05) is 4.90 Å². The molecule has 0 fully saturated rings. The van der Waals surface area contributed by atoms with Gasteiger partial charge in [0.05, 0.1) is 11.3 Å². The molecule has 0 amide bonds. The van der Waals surface area contributed by atoms with Crippen molar-refractivity contribution < 1.29 is 9.90 Å². The molecule has 0 aliphatic heterocycles. The van der Waals surface area contributed by atoms with Crippen LogP contribution in [0.2, 0.25) is 0 Å². The molecule has 0 aliphatic carbocycles. The number of para-hydroxylation sites is 1. The zero-order valence-electron chi connectivity index (χ0n) is 19.7. The molecular weight excluding hydrogens is 442 g/mol. The number of fused-ring (bicyclic) bond motifs is 1. The van der Waals surface area contributed by atoms with Crippen molar-refractivity contribution in [1.82, 2.24) is 0 Å². The van der Waals surface area contributed by atoms with Crippen molar-refractivity contribution >= 4 is 51.5 Å². The molecular formula is C33H25NO2. The highest BCUT2D eigenvalue weighted by atomic mass is 16.4. The molecule has 0 atom stereocenters. The Kier molecular flexibility index (Phi) is 6.46. The van der Waals surface area contributed by atoms with E-state index >= 15 is 0 Å². The zero-order chi connectivity index (χ0) is 24.9. The summed E-state index contributed by atoms with van der Waals surface area (Å²) >= 11 is 0. The van der Waals surface area contributed by atoms with Crippen LogP contribution in [-0.2, 0) is 4.79 Å². The minimum Gasteiger partial charge on any atom is -0.478 e. The lowest BCUT2D eigenvalue weighted by Gasteiger charge is -2.27. The first-order valence-corrected chi connectivity index (χ1v) is 11.7. The topological polar surface area (TPSA) is 40.5 Å². The third kappa shape index (κ3) is 4.82. The lowest BCUT2D eigenvalue weighted by atomic mass is 10.0. The van der Waals surface area contributed by atoms with Gasteiger partial charge >= 0.3 is 5.97 Å². The van der Waals surface area contributed by atoms with E-state index in [9.17, 15) is 4.79 Å². The number of carboxylic acid groups (broad SMARTS) is 1. The molecule has 0 saturated carbocycles. The SMILES string of the molecule is C=C(C(=O)O)c1ccc(C=Cc2ccc(N(c3ccccc3)c3cccc4ccccc34)cc2)cc1. The Balaban J connectivity index is 1.45. The summed E-state index contributed by atoms with van der Waals surface area (Å²) in [7, 11) is 0. The van der Waals surface area contributed by atoms with Crippen molar-refractivity contribution in [2.45, 2.75) is 0 Å². The molecule has 0 spiro atoms. The number of anilines is 3. The van der Waals surface area contributed by atoms with Crippen molar-refractivity contribution in [1.29, 1.82) is 0 Å². The van der Waals surface area contributed by atoms with E-state index in [1.54, 1.807) is 12.1 Å². The van der Waals surface area contributed by atoms with Crippen LogP contribution in [0.15, 0.2) is 128 Å². The Labute approximate surface area is 210 Å². The maximum atomic E-state index is 11.1. The summed E-state index contributed by atoms with van der Waals surface area (Å²) in [5.41, 5.74) is 6.07. The Bertz CT molecular complexity index is 1540. The first-order valence-electron chi connectivity index (χ1n) is 11.7. The molecule has 0 bridgehead atoms. The summed E-state index contributed by atoms with van der Waals surface area (Å²) < 4.78 is 0. The number of nitrogens with zero attached hydrogens (tertiary/aromatic N) is 1. The van der Waals surface area contributed by atoms with Crippen LogP contribution >= 0.6 is 0 Å². The molecule has 0 unspecified atom stereocenters. The van der Waals surface area contributed by atoms with Crippen LogP contribution in [0.25, 0.3) is 28.5 Å². The summed E-state index contributed by atoms with van der Waals surface area (Å²) in [5, 5.41) is 11.5. The van der Waals surface area contributed by atoms with Gasteiger partial charge in [0.1, 0.15) is 0 Å². The largest absolute Gasteiger partial charge is 0.478 e. The molecule has 3 heteroatoms. The molecule has 1 N–H and O–H groups in total. The summed E-state index contributed by atoms with van der Waals surface area (Å²) in [5.74, 6) is -1.01. The van der Waals surface area contributed by atoms with Gasteiger partial charge in [0, 0.05) is 16.8 Å². The van der Waals surface area contributed by atoms with Gasteiger partial charge in [-0.1, -0.05) is 110 Å². The van der Waals surface area contributed by atoms with Crippen LogP contribution in [0.4, 0.5) is 17.1 Å². The van der Waals surface area contributed by atoms with Gasteiger partial charge in [-0.15, -0.1) is 0 Å². The van der Waals surface area contributed by atoms with Gasteiger partial charge in [-0.2, -0.15) is 0 Å². The number of hydrogen-bond donors (Lipinski definition) is 1. The second kappa shape index (κ2) is 10.2. The predicted octanol–water partition coefficient (Wildman–Crippen LogP) is 8.58. The Morgan fingerprint density at radius 1 is 0.639 bits per heavy atom. The fourth-order valence-corrected chi connectivity index (χ4v) is 4.25. The van der Waals surface area contributed by atoms with Crippen LogP contribution < -0.4 is 4.90 Å². The van der Waals surface area contributed by atoms with Crippen molar-refractivity contribution in [3.8, 4) is 0 Å². The van der Waals surface area contributed by atoms with Crippen LogP contribution in [0.3, 0.4) is 0 Å². The predicted molar refractivity (Wildman–Crippen MR) is 151 cm³/mol. The highest BCUT2D eigenvalue weighted by Crippen LogP contribution is 2.38. The van der Waals surface area contributed by atoms with E-state index in [1.807, 2.05) is 24.3 Å². The van der Waals surface area contributed by atoms with Crippen LogP contribution in [0.1, 0.15) is 16.7 Å². The minimum atomic E-state index is -1.01. The highest BCUT2D eigenvalue weighted by Gasteiger charge is 2.14. The molecule has 174 valence electrons. The lowest BCUT2D eigenvalue weighted by molar-refractivity contribution is -0.130. The summed E-state index contributed by atoms with van der Waals surface area (Å²) in [6.07, 6.45) is 4.07. The second-order valence-corrected chi connectivity index (χ2v) is 8.50. The van der Waals surface area contributed by atoms with Gasteiger partial charge in [0.15, 0.2) is 0 Å². The molecule has 0 heterocycles. The Morgan fingerprint density at radius 2 is 1.19 bits per heavy atom. The quantitative estimate of drug-likeness (QED) is 0.192. The molecule has 0 radical (unpaired) electrons. The van der Waals surface area contributed by atoms with E-state index in [0.29, 0.717) is 5.56 Å². The standard InChI is InChI=1S/C33H25NO2/c1-24(33(35)36)27-20-16-25(17-21-27)14-15-26-18-22-30(23-19-26)34(29-10-3-2-4-11-29)32-13-7-9-28-8-5-6-12-31(28)32/h2-23H,1H2,(H,35,36). The highest BCUT2D eigenvalue weighted by molar-refractivity contribution is 6.14. The van der Waals surface area contributed by atoms with E-state index in [4.69, 9.17) is 5.11 Å². The smallest absolute Gasteiger partial charge is 0.335 e. The average Bonchev–Trinajstić information content (AvgIpc) is 2.93. The molecule has 0 saturated heterocycles. The maximum absolute atomic E-state index is 11.1. The molecule has 3 nitrogen and oxygen atoms in total. The maximum Gasteiger partial charge on any atom is 0.335 e. The van der Waals surface area contributed by atoms with Crippen LogP contribution in [-0.4, -0.2) is 11.1 Å². The molecule has 5 aromatic rings. The van der Waals surface area contributed by atoms with E-state index in [1.165, 1.54) is 10.8 Å². The summed E-state index contributed by atoms with van der Waals surface area (Å²) in [6.45, 7) is 3.61. The second-order valence-electron chi connectivity index (χ2n) is 8.50. The molecule has 5 aromatic carbocycles. The number of carboxylic acids is 1. The summed E-state index contributed by atoms with van der Waals surface area (Å²) in [6, 6.07) is 41.1. The number of hydrogen-bond acceptors (Lipinski definition) is 2. The third-order valence-electron chi connectivity index (χ3n) is 6.16. The van der Waals surface area contributed by atoms with Gasteiger partial charge in [0.25, 0.3) is 0 Å². The average molecular weight is 468 g/mol. The van der Waals surface area contributed by atoms with Gasteiger partial charge in [-0.3, -0.25) is 0 Å². The monoisotopic (exact) mass is 467 g/mol.